The maximum Gasteiger partial charge on any atom is 0.200 e. The van der Waals surface area contributed by atoms with Crippen LogP contribution < -0.4 is 10.6 Å². The second-order valence-electron chi connectivity index (χ2n) is 5.16. The van der Waals surface area contributed by atoms with E-state index in [1.54, 1.807) is 12.1 Å². The summed E-state index contributed by atoms with van der Waals surface area (Å²) in [6, 6.07) is 14.1. The summed E-state index contributed by atoms with van der Waals surface area (Å²) in [4.78, 5) is 4.43. The molecule has 2 aromatic carbocycles. The minimum absolute atomic E-state index is 0.0549. The Labute approximate surface area is 160 Å². The van der Waals surface area contributed by atoms with Gasteiger partial charge in [0.1, 0.15) is 5.75 Å². The third-order valence-electron chi connectivity index (χ3n) is 3.43. The summed E-state index contributed by atoms with van der Waals surface area (Å²) in [5, 5.41) is 25.2. The Morgan fingerprint density at radius 3 is 2.50 bits per heavy atom. The fourth-order valence-corrected chi connectivity index (χ4v) is 2.43. The third-order valence-corrected chi connectivity index (χ3v) is 4.12. The van der Waals surface area contributed by atoms with Gasteiger partial charge in [0.15, 0.2) is 6.29 Å². The Morgan fingerprint density at radius 2 is 1.88 bits per heavy atom. The van der Waals surface area contributed by atoms with Crippen molar-refractivity contribution in [2.45, 2.75) is 6.29 Å². The molecule has 0 unspecified atom stereocenters. The number of methoxy groups -OCH3 is 2. The summed E-state index contributed by atoms with van der Waals surface area (Å²) in [5.41, 5.74) is 1.57. The molecule has 0 spiro atoms. The van der Waals surface area contributed by atoms with Crippen LogP contribution in [0.25, 0.3) is 0 Å². The molecule has 0 saturated carbocycles. The molecule has 0 amide bonds. The standard InChI is InChI=1S/C18H19BrN4O3/c1-25-17(26-2)11-21-18(22-14-6-4-3-5-13(14)19)23-15-8-7-12(10-20)9-16(15)24/h3-9,17,24H,11H2,1-2H3,(H2,21,22,23). The van der Waals surface area contributed by atoms with Crippen molar-refractivity contribution in [2.75, 3.05) is 31.4 Å². The smallest absolute Gasteiger partial charge is 0.200 e. The Bertz CT molecular complexity index is 816. The Kier molecular flexibility index (Phi) is 7.41. The summed E-state index contributed by atoms with van der Waals surface area (Å²) >= 11 is 3.47. The Hall–Kier alpha value is -2.60. The van der Waals surface area contributed by atoms with Crippen molar-refractivity contribution in [3.8, 4) is 11.8 Å². The summed E-state index contributed by atoms with van der Waals surface area (Å²) < 4.78 is 11.2. The van der Waals surface area contributed by atoms with E-state index in [4.69, 9.17) is 14.7 Å². The molecule has 0 radical (unpaired) electrons. The van der Waals surface area contributed by atoms with E-state index in [-0.39, 0.29) is 12.3 Å². The number of nitrogens with one attached hydrogen (secondary N) is 2. The van der Waals surface area contributed by atoms with Crippen molar-refractivity contribution >= 4 is 33.3 Å². The van der Waals surface area contributed by atoms with Crippen molar-refractivity contribution in [3.63, 3.8) is 0 Å². The van der Waals surface area contributed by atoms with Gasteiger partial charge in [0, 0.05) is 18.7 Å². The third kappa shape index (κ3) is 5.46. The lowest BCUT2D eigenvalue weighted by molar-refractivity contribution is -0.0936. The molecule has 3 N–H and O–H groups in total. The number of nitrogens with zero attached hydrogens (tertiary/aromatic N) is 2. The molecule has 0 atom stereocenters. The van der Waals surface area contributed by atoms with Crippen molar-refractivity contribution in [3.05, 3.63) is 52.5 Å². The second kappa shape index (κ2) is 9.77. The Morgan fingerprint density at radius 1 is 1.19 bits per heavy atom. The number of phenolic OH excluding ortho intramolecular Hbond substituents is 1. The number of ether oxygens (including phenoxy) is 2. The first kappa shape index (κ1) is 19.7. The molecular weight excluding hydrogens is 400 g/mol. The van der Waals surface area contributed by atoms with Gasteiger partial charge in [-0.05, 0) is 46.3 Å². The number of benzene rings is 2. The van der Waals surface area contributed by atoms with E-state index in [9.17, 15) is 5.11 Å². The average Bonchev–Trinajstić information content (AvgIpc) is 2.65. The van der Waals surface area contributed by atoms with Gasteiger partial charge in [0.05, 0.1) is 29.6 Å². The molecule has 0 fully saturated rings. The van der Waals surface area contributed by atoms with Gasteiger partial charge in [-0.3, -0.25) is 0 Å². The minimum atomic E-state index is -0.498. The van der Waals surface area contributed by atoms with Gasteiger partial charge >= 0.3 is 0 Å². The van der Waals surface area contributed by atoms with Crippen LogP contribution in [0.1, 0.15) is 5.56 Å². The monoisotopic (exact) mass is 418 g/mol. The number of hydrogen-bond acceptors (Lipinski definition) is 5. The molecule has 0 aromatic heterocycles. The van der Waals surface area contributed by atoms with Gasteiger partial charge in [0.25, 0.3) is 0 Å². The molecule has 0 aliphatic rings. The number of aliphatic imine (C=N–C) groups is 1. The number of phenols is 1. The molecule has 0 bridgehead atoms. The topological polar surface area (TPSA) is 98.9 Å². The molecule has 136 valence electrons. The highest BCUT2D eigenvalue weighted by atomic mass is 79.9. The van der Waals surface area contributed by atoms with Crippen LogP contribution in [-0.2, 0) is 9.47 Å². The quantitative estimate of drug-likeness (QED) is 0.287. The normalized spacial score (nSPS) is 11.3. The molecule has 8 heteroatoms. The number of halogens is 1. The second-order valence-corrected chi connectivity index (χ2v) is 6.02. The predicted molar refractivity (Wildman–Crippen MR) is 104 cm³/mol. The van der Waals surface area contributed by atoms with Gasteiger partial charge in [-0.2, -0.15) is 5.26 Å². The van der Waals surface area contributed by atoms with Crippen LogP contribution in [0.4, 0.5) is 11.4 Å². The number of para-hydroxylation sites is 1. The maximum atomic E-state index is 10.1. The van der Waals surface area contributed by atoms with Crippen LogP contribution >= 0.6 is 15.9 Å². The van der Waals surface area contributed by atoms with Crippen molar-refractivity contribution in [1.29, 1.82) is 5.26 Å². The zero-order chi connectivity index (χ0) is 18.9. The molecule has 7 nitrogen and oxygen atoms in total. The van der Waals surface area contributed by atoms with Crippen LogP contribution in [0, 0.1) is 11.3 Å². The van der Waals surface area contributed by atoms with E-state index >= 15 is 0 Å². The fraction of sp³-hybridized carbons (Fsp3) is 0.222. The van der Waals surface area contributed by atoms with Gasteiger partial charge in [0.2, 0.25) is 5.96 Å². The van der Waals surface area contributed by atoms with E-state index in [0.717, 1.165) is 10.2 Å². The van der Waals surface area contributed by atoms with Gasteiger partial charge < -0.3 is 25.2 Å². The van der Waals surface area contributed by atoms with Crippen LogP contribution in [-0.4, -0.2) is 38.1 Å². The number of nitriles is 1. The lowest BCUT2D eigenvalue weighted by Crippen LogP contribution is -2.26. The molecule has 0 saturated heterocycles. The highest BCUT2D eigenvalue weighted by Crippen LogP contribution is 2.25. The molecule has 26 heavy (non-hydrogen) atoms. The first-order chi connectivity index (χ1) is 12.6. The summed E-state index contributed by atoms with van der Waals surface area (Å²) in [7, 11) is 3.06. The highest BCUT2D eigenvalue weighted by molar-refractivity contribution is 9.10. The molecule has 2 aromatic rings. The van der Waals surface area contributed by atoms with E-state index < -0.39 is 6.29 Å². The molecule has 0 heterocycles. The molecule has 2 rings (SSSR count). The van der Waals surface area contributed by atoms with Crippen molar-refractivity contribution < 1.29 is 14.6 Å². The van der Waals surface area contributed by atoms with E-state index in [1.165, 1.54) is 20.3 Å². The molecular formula is C18H19BrN4O3. The average molecular weight is 419 g/mol. The van der Waals surface area contributed by atoms with Gasteiger partial charge in [-0.15, -0.1) is 0 Å². The van der Waals surface area contributed by atoms with Gasteiger partial charge in [-0.25, -0.2) is 4.99 Å². The van der Waals surface area contributed by atoms with E-state index in [0.29, 0.717) is 17.2 Å². The van der Waals surface area contributed by atoms with Crippen LogP contribution in [0.15, 0.2) is 51.9 Å². The lowest BCUT2D eigenvalue weighted by atomic mass is 10.2. The molecule has 0 aliphatic carbocycles. The Balaban J connectivity index is 2.26. The van der Waals surface area contributed by atoms with Crippen LogP contribution in [0.2, 0.25) is 0 Å². The van der Waals surface area contributed by atoms with Crippen molar-refractivity contribution in [2.24, 2.45) is 4.99 Å². The minimum Gasteiger partial charge on any atom is -0.506 e. The van der Waals surface area contributed by atoms with Crippen LogP contribution in [0.5, 0.6) is 5.75 Å². The van der Waals surface area contributed by atoms with Crippen molar-refractivity contribution in [1.82, 2.24) is 0 Å². The van der Waals surface area contributed by atoms with E-state index in [2.05, 4.69) is 31.6 Å². The number of hydrogen-bond donors (Lipinski definition) is 3. The fourth-order valence-electron chi connectivity index (χ4n) is 2.05. The first-order valence-electron chi connectivity index (χ1n) is 7.69. The highest BCUT2D eigenvalue weighted by Gasteiger charge is 2.10. The number of guanidine groups is 1. The zero-order valence-corrected chi connectivity index (χ0v) is 15.9. The van der Waals surface area contributed by atoms with Crippen LogP contribution in [0.3, 0.4) is 0 Å². The zero-order valence-electron chi connectivity index (χ0n) is 14.4. The lowest BCUT2D eigenvalue weighted by Gasteiger charge is -2.16. The SMILES string of the molecule is COC(CN=C(Nc1ccc(C#N)cc1O)Nc1ccccc1Br)OC. The number of rotatable bonds is 6. The largest absolute Gasteiger partial charge is 0.506 e. The van der Waals surface area contributed by atoms with Gasteiger partial charge in [-0.1, -0.05) is 12.1 Å². The molecule has 0 aliphatic heterocycles. The maximum absolute atomic E-state index is 10.1. The summed E-state index contributed by atoms with van der Waals surface area (Å²) in [6.45, 7) is 0.240. The number of anilines is 2. The summed E-state index contributed by atoms with van der Waals surface area (Å²) in [5.74, 6) is 0.330. The number of aromatic hydroxyl groups is 1. The van der Waals surface area contributed by atoms with E-state index in [1.807, 2.05) is 30.3 Å². The summed E-state index contributed by atoms with van der Waals surface area (Å²) in [6.07, 6.45) is -0.498. The predicted octanol–water partition coefficient (Wildman–Crippen LogP) is 3.53. The first-order valence-corrected chi connectivity index (χ1v) is 8.48.